The van der Waals surface area contributed by atoms with Gasteiger partial charge in [0.15, 0.2) is 6.61 Å². The third-order valence-electron chi connectivity index (χ3n) is 2.80. The number of amides is 1. The minimum absolute atomic E-state index is 0.0106. The van der Waals surface area contributed by atoms with E-state index in [2.05, 4.69) is 5.32 Å². The summed E-state index contributed by atoms with van der Waals surface area (Å²) in [6.45, 7) is 1.36. The number of nitrogens with two attached hydrogens (primary N) is 1. The Labute approximate surface area is 106 Å². The van der Waals surface area contributed by atoms with Crippen molar-refractivity contribution >= 4 is 11.6 Å². The lowest BCUT2D eigenvalue weighted by Gasteiger charge is -2.11. The molecule has 0 saturated carbocycles. The number of hydrogen-bond donors (Lipinski definition) is 2. The average Bonchev–Trinajstić information content (AvgIpc) is 2.89. The molecule has 1 aromatic carbocycles. The second-order valence-electron chi connectivity index (χ2n) is 4.30. The minimum atomic E-state index is -0.137. The maximum Gasteiger partial charge on any atom is 0.258 e. The quantitative estimate of drug-likeness (QED) is 0.763. The number of anilines is 1. The van der Waals surface area contributed by atoms with Crippen LogP contribution in [-0.2, 0) is 9.53 Å². The number of carbonyl (C=O) groups excluding carboxylic acids is 1. The zero-order valence-electron chi connectivity index (χ0n) is 10.2. The van der Waals surface area contributed by atoms with E-state index >= 15 is 0 Å². The first-order chi connectivity index (χ1) is 8.74. The SMILES string of the molecule is Nc1ccc(OCC(=O)NC[C@@H]2CCCO2)cc1. The van der Waals surface area contributed by atoms with Crippen LogP contribution >= 0.6 is 0 Å². The molecule has 1 aliphatic heterocycles. The lowest BCUT2D eigenvalue weighted by atomic mass is 10.2. The van der Waals surface area contributed by atoms with E-state index in [9.17, 15) is 4.79 Å². The van der Waals surface area contributed by atoms with Crippen LogP contribution < -0.4 is 15.8 Å². The molecule has 5 heteroatoms. The van der Waals surface area contributed by atoms with E-state index in [1.807, 2.05) is 0 Å². The third kappa shape index (κ3) is 3.92. The summed E-state index contributed by atoms with van der Waals surface area (Å²) in [6.07, 6.45) is 2.24. The molecule has 0 bridgehead atoms. The predicted molar refractivity (Wildman–Crippen MR) is 68.3 cm³/mol. The fourth-order valence-corrected chi connectivity index (χ4v) is 1.80. The molecule has 18 heavy (non-hydrogen) atoms. The van der Waals surface area contributed by atoms with Gasteiger partial charge in [0.2, 0.25) is 0 Å². The molecule has 1 atom stereocenters. The molecule has 1 fully saturated rings. The summed E-state index contributed by atoms with van der Waals surface area (Å²) in [7, 11) is 0. The first-order valence-corrected chi connectivity index (χ1v) is 6.10. The molecule has 2 rings (SSSR count). The van der Waals surface area contributed by atoms with Crippen molar-refractivity contribution in [3.8, 4) is 5.75 Å². The molecule has 1 aromatic rings. The lowest BCUT2D eigenvalue weighted by molar-refractivity contribution is -0.123. The number of rotatable bonds is 5. The predicted octanol–water partition coefficient (Wildman–Crippen LogP) is 0.943. The normalized spacial score (nSPS) is 18.6. The lowest BCUT2D eigenvalue weighted by Crippen LogP contribution is -2.35. The van der Waals surface area contributed by atoms with Crippen LogP contribution in [-0.4, -0.2) is 31.8 Å². The summed E-state index contributed by atoms with van der Waals surface area (Å²) in [5, 5.41) is 2.79. The molecule has 0 unspecified atom stereocenters. The van der Waals surface area contributed by atoms with Crippen LogP contribution in [0.5, 0.6) is 5.75 Å². The van der Waals surface area contributed by atoms with E-state index in [0.29, 0.717) is 18.0 Å². The highest BCUT2D eigenvalue weighted by molar-refractivity contribution is 5.77. The Bertz CT molecular complexity index is 386. The van der Waals surface area contributed by atoms with E-state index < -0.39 is 0 Å². The van der Waals surface area contributed by atoms with Crippen molar-refractivity contribution in [2.24, 2.45) is 0 Å². The maximum absolute atomic E-state index is 11.5. The molecular formula is C13H18N2O3. The van der Waals surface area contributed by atoms with Crippen molar-refractivity contribution in [2.75, 3.05) is 25.5 Å². The van der Waals surface area contributed by atoms with Crippen molar-refractivity contribution in [1.29, 1.82) is 0 Å². The number of hydrogen-bond acceptors (Lipinski definition) is 4. The van der Waals surface area contributed by atoms with Gasteiger partial charge in [-0.25, -0.2) is 0 Å². The topological polar surface area (TPSA) is 73.6 Å². The smallest absolute Gasteiger partial charge is 0.258 e. The Morgan fingerprint density at radius 3 is 2.89 bits per heavy atom. The summed E-state index contributed by atoms with van der Waals surface area (Å²) >= 11 is 0. The van der Waals surface area contributed by atoms with E-state index in [4.69, 9.17) is 15.2 Å². The molecule has 0 aliphatic carbocycles. The van der Waals surface area contributed by atoms with Crippen molar-refractivity contribution < 1.29 is 14.3 Å². The van der Waals surface area contributed by atoms with Crippen molar-refractivity contribution in [2.45, 2.75) is 18.9 Å². The van der Waals surface area contributed by atoms with Gasteiger partial charge < -0.3 is 20.5 Å². The highest BCUT2D eigenvalue weighted by Crippen LogP contribution is 2.13. The Hall–Kier alpha value is -1.75. The Kier molecular flexibility index (Phi) is 4.41. The van der Waals surface area contributed by atoms with Gasteiger partial charge in [0.1, 0.15) is 5.75 Å². The van der Waals surface area contributed by atoms with Gasteiger partial charge in [-0.2, -0.15) is 0 Å². The summed E-state index contributed by atoms with van der Waals surface area (Å²) in [4.78, 5) is 11.5. The average molecular weight is 250 g/mol. The Balaban J connectivity index is 1.66. The molecule has 1 heterocycles. The summed E-state index contributed by atoms with van der Waals surface area (Å²) in [6, 6.07) is 6.95. The van der Waals surface area contributed by atoms with Crippen LogP contribution in [0.4, 0.5) is 5.69 Å². The van der Waals surface area contributed by atoms with Crippen LogP contribution in [0.3, 0.4) is 0 Å². The molecule has 3 N–H and O–H groups in total. The van der Waals surface area contributed by atoms with E-state index in [0.717, 1.165) is 19.4 Å². The number of nitrogen functional groups attached to an aromatic ring is 1. The molecule has 0 aromatic heterocycles. The monoisotopic (exact) mass is 250 g/mol. The number of carbonyl (C=O) groups is 1. The number of benzene rings is 1. The minimum Gasteiger partial charge on any atom is -0.484 e. The molecule has 98 valence electrons. The molecule has 0 spiro atoms. The van der Waals surface area contributed by atoms with Gasteiger partial charge in [0, 0.05) is 18.8 Å². The molecular weight excluding hydrogens is 232 g/mol. The van der Waals surface area contributed by atoms with Crippen LogP contribution in [0, 0.1) is 0 Å². The second-order valence-corrected chi connectivity index (χ2v) is 4.30. The van der Waals surface area contributed by atoms with Crippen molar-refractivity contribution in [3.05, 3.63) is 24.3 Å². The van der Waals surface area contributed by atoms with E-state index in [1.54, 1.807) is 24.3 Å². The van der Waals surface area contributed by atoms with Gasteiger partial charge in [-0.15, -0.1) is 0 Å². The largest absolute Gasteiger partial charge is 0.484 e. The van der Waals surface area contributed by atoms with Crippen LogP contribution in [0.1, 0.15) is 12.8 Å². The van der Waals surface area contributed by atoms with Gasteiger partial charge in [-0.1, -0.05) is 0 Å². The van der Waals surface area contributed by atoms with Gasteiger partial charge in [0.25, 0.3) is 5.91 Å². The molecule has 0 radical (unpaired) electrons. The highest BCUT2D eigenvalue weighted by Gasteiger charge is 2.16. The third-order valence-corrected chi connectivity index (χ3v) is 2.80. The van der Waals surface area contributed by atoms with Crippen molar-refractivity contribution in [1.82, 2.24) is 5.32 Å². The molecule has 1 amide bonds. The van der Waals surface area contributed by atoms with Gasteiger partial charge in [-0.05, 0) is 37.1 Å². The Morgan fingerprint density at radius 1 is 1.44 bits per heavy atom. The zero-order valence-corrected chi connectivity index (χ0v) is 10.2. The van der Waals surface area contributed by atoms with Crippen LogP contribution in [0.15, 0.2) is 24.3 Å². The van der Waals surface area contributed by atoms with Gasteiger partial charge in [-0.3, -0.25) is 4.79 Å². The summed E-state index contributed by atoms with van der Waals surface area (Å²) < 4.78 is 10.7. The zero-order chi connectivity index (χ0) is 12.8. The second kappa shape index (κ2) is 6.26. The number of ether oxygens (including phenoxy) is 2. The van der Waals surface area contributed by atoms with E-state index in [1.165, 1.54) is 0 Å². The van der Waals surface area contributed by atoms with Crippen LogP contribution in [0.2, 0.25) is 0 Å². The Morgan fingerprint density at radius 2 is 2.22 bits per heavy atom. The molecule has 1 saturated heterocycles. The fourth-order valence-electron chi connectivity index (χ4n) is 1.80. The first kappa shape index (κ1) is 12.7. The highest BCUT2D eigenvalue weighted by atomic mass is 16.5. The summed E-state index contributed by atoms with van der Waals surface area (Å²) in [5.74, 6) is 0.499. The van der Waals surface area contributed by atoms with Gasteiger partial charge in [0.05, 0.1) is 6.10 Å². The van der Waals surface area contributed by atoms with E-state index in [-0.39, 0.29) is 18.6 Å². The maximum atomic E-state index is 11.5. The fraction of sp³-hybridized carbons (Fsp3) is 0.462. The standard InChI is InChI=1S/C13H18N2O3/c14-10-3-5-11(6-4-10)18-9-13(16)15-8-12-2-1-7-17-12/h3-6,12H,1-2,7-9,14H2,(H,15,16)/t12-/m0/s1. The molecule has 1 aliphatic rings. The van der Waals surface area contributed by atoms with Crippen molar-refractivity contribution in [3.63, 3.8) is 0 Å². The number of nitrogens with one attached hydrogen (secondary N) is 1. The summed E-state index contributed by atoms with van der Waals surface area (Å²) in [5.41, 5.74) is 6.22. The van der Waals surface area contributed by atoms with Crippen LogP contribution in [0.25, 0.3) is 0 Å². The first-order valence-electron chi connectivity index (χ1n) is 6.10. The van der Waals surface area contributed by atoms with Gasteiger partial charge >= 0.3 is 0 Å². The molecule has 5 nitrogen and oxygen atoms in total.